The molecule has 0 aliphatic heterocycles. The van der Waals surface area contributed by atoms with Crippen molar-refractivity contribution in [3.05, 3.63) is 18.7 Å². The summed E-state index contributed by atoms with van der Waals surface area (Å²) < 4.78 is 1.88. The molecule has 3 heteroatoms. The Balaban J connectivity index is 2.97. The number of aromatic nitrogens is 3. The van der Waals surface area contributed by atoms with Gasteiger partial charge < -0.3 is 0 Å². The molecule has 0 fully saturated rings. The molecule has 1 aromatic heterocycles. The molecule has 0 aliphatic carbocycles. The Morgan fingerprint density at radius 2 is 2.00 bits per heavy atom. The number of hydrogen-bond acceptors (Lipinski definition) is 2. The van der Waals surface area contributed by atoms with E-state index in [9.17, 15) is 0 Å². The first kappa shape index (κ1) is 7.12. The Morgan fingerprint density at radius 3 is 2.30 bits per heavy atom. The van der Waals surface area contributed by atoms with Gasteiger partial charge in [0.1, 0.15) is 0 Å². The van der Waals surface area contributed by atoms with Gasteiger partial charge in [-0.2, -0.15) is 0 Å². The third kappa shape index (κ3) is 1.50. The second-order valence-electron chi connectivity index (χ2n) is 3.19. The average Bonchev–Trinajstić information content (AvgIpc) is 1.88. The Kier molecular flexibility index (Phi) is 1.66. The first-order chi connectivity index (χ1) is 4.61. The van der Waals surface area contributed by atoms with Crippen LogP contribution in [0.15, 0.2) is 18.7 Å². The van der Waals surface area contributed by atoms with E-state index in [-0.39, 0.29) is 5.54 Å². The molecule has 10 heavy (non-hydrogen) atoms. The molecular formula is C7H12N3+. The maximum Gasteiger partial charge on any atom is 0.215 e. The van der Waals surface area contributed by atoms with Gasteiger partial charge >= 0.3 is 0 Å². The van der Waals surface area contributed by atoms with E-state index in [2.05, 4.69) is 30.9 Å². The van der Waals surface area contributed by atoms with Crippen LogP contribution < -0.4 is 4.68 Å². The van der Waals surface area contributed by atoms with Crippen molar-refractivity contribution >= 4 is 0 Å². The van der Waals surface area contributed by atoms with Gasteiger partial charge in [-0.05, 0) is 0 Å². The first-order valence-electron chi connectivity index (χ1n) is 3.29. The Morgan fingerprint density at radius 1 is 1.30 bits per heavy atom. The fourth-order valence-corrected chi connectivity index (χ4v) is 0.661. The first-order valence-corrected chi connectivity index (χ1v) is 3.29. The second kappa shape index (κ2) is 2.33. The van der Waals surface area contributed by atoms with Crippen molar-refractivity contribution in [3.8, 4) is 0 Å². The Labute approximate surface area is 60.7 Å². The number of nitrogens with zero attached hydrogens (tertiary/aromatic N) is 3. The normalized spacial score (nSPS) is 11.5. The van der Waals surface area contributed by atoms with Crippen molar-refractivity contribution in [2.45, 2.75) is 26.3 Å². The van der Waals surface area contributed by atoms with Crippen LogP contribution in [0.5, 0.6) is 0 Å². The van der Waals surface area contributed by atoms with Crippen LogP contribution in [0.4, 0.5) is 0 Å². The largest absolute Gasteiger partial charge is 0.233 e. The molecule has 1 heterocycles. The molecule has 54 valence electrons. The highest BCUT2D eigenvalue weighted by Gasteiger charge is 2.22. The summed E-state index contributed by atoms with van der Waals surface area (Å²) in [6.45, 7) is 6.29. The monoisotopic (exact) mass is 138 g/mol. The average molecular weight is 138 g/mol. The van der Waals surface area contributed by atoms with Crippen molar-refractivity contribution in [3.63, 3.8) is 0 Å². The van der Waals surface area contributed by atoms with E-state index < -0.39 is 0 Å². The van der Waals surface area contributed by atoms with Crippen LogP contribution in [0, 0.1) is 0 Å². The van der Waals surface area contributed by atoms with E-state index in [1.54, 1.807) is 12.5 Å². The summed E-state index contributed by atoms with van der Waals surface area (Å²) in [6.07, 6.45) is 5.14. The minimum absolute atomic E-state index is 0.0585. The molecule has 0 unspecified atom stereocenters. The van der Waals surface area contributed by atoms with Gasteiger partial charge in [-0.1, -0.05) is 4.68 Å². The van der Waals surface area contributed by atoms with Gasteiger partial charge in [0.25, 0.3) is 0 Å². The summed E-state index contributed by atoms with van der Waals surface area (Å²) in [6, 6.07) is 0. The van der Waals surface area contributed by atoms with Gasteiger partial charge in [0, 0.05) is 25.9 Å². The van der Waals surface area contributed by atoms with Crippen LogP contribution >= 0.6 is 0 Å². The van der Waals surface area contributed by atoms with Gasteiger partial charge in [0.2, 0.25) is 6.20 Å². The molecule has 0 saturated carbocycles. The highest BCUT2D eigenvalue weighted by atomic mass is 15.3. The molecule has 0 N–H and O–H groups in total. The third-order valence-corrected chi connectivity index (χ3v) is 1.22. The number of rotatable bonds is 0. The van der Waals surface area contributed by atoms with Crippen molar-refractivity contribution < 1.29 is 4.68 Å². The van der Waals surface area contributed by atoms with Crippen molar-refractivity contribution in [1.29, 1.82) is 0 Å². The van der Waals surface area contributed by atoms with Crippen LogP contribution in [0.3, 0.4) is 0 Å². The summed E-state index contributed by atoms with van der Waals surface area (Å²) in [5.74, 6) is 0. The van der Waals surface area contributed by atoms with Crippen LogP contribution in [0.25, 0.3) is 0 Å². The lowest BCUT2D eigenvalue weighted by Crippen LogP contribution is -2.52. The molecule has 0 saturated heterocycles. The molecule has 3 nitrogen and oxygen atoms in total. The van der Waals surface area contributed by atoms with E-state index in [0.717, 1.165) is 0 Å². The lowest BCUT2D eigenvalue weighted by molar-refractivity contribution is -0.806. The zero-order valence-corrected chi connectivity index (χ0v) is 6.57. The predicted octanol–water partition coefficient (Wildman–Crippen LogP) is 0.519. The lowest BCUT2D eigenvalue weighted by atomic mass is 10.1. The molecule has 0 radical (unpaired) electrons. The second-order valence-corrected chi connectivity index (χ2v) is 3.19. The van der Waals surface area contributed by atoms with Crippen molar-refractivity contribution in [2.24, 2.45) is 0 Å². The topological polar surface area (TPSA) is 29.7 Å². The van der Waals surface area contributed by atoms with E-state index in [1.807, 2.05) is 10.9 Å². The van der Waals surface area contributed by atoms with Gasteiger partial charge in [-0.15, -0.1) is 0 Å². The maximum absolute atomic E-state index is 4.06. The highest BCUT2D eigenvalue weighted by Crippen LogP contribution is 1.99. The maximum atomic E-state index is 4.06. The molecule has 0 bridgehead atoms. The summed E-state index contributed by atoms with van der Waals surface area (Å²) in [7, 11) is 0. The quantitative estimate of drug-likeness (QED) is 0.489. The van der Waals surface area contributed by atoms with E-state index in [0.29, 0.717) is 0 Å². The highest BCUT2D eigenvalue weighted by molar-refractivity contribution is 4.57. The summed E-state index contributed by atoms with van der Waals surface area (Å²) in [4.78, 5) is 3.83. The van der Waals surface area contributed by atoms with Crippen LogP contribution in [-0.4, -0.2) is 10.1 Å². The van der Waals surface area contributed by atoms with Crippen molar-refractivity contribution in [2.75, 3.05) is 0 Å². The third-order valence-electron chi connectivity index (χ3n) is 1.22. The standard InChI is InChI=1S/C7H12N3/c1-7(2,3)10-5-4-8-6-9-10/h4-6H,1-3H3/q+1. The van der Waals surface area contributed by atoms with E-state index in [1.165, 1.54) is 0 Å². The fourth-order valence-electron chi connectivity index (χ4n) is 0.661. The lowest BCUT2D eigenvalue weighted by Gasteiger charge is -2.07. The van der Waals surface area contributed by atoms with Crippen LogP contribution in [0.1, 0.15) is 20.8 Å². The molecule has 0 spiro atoms. The van der Waals surface area contributed by atoms with Gasteiger partial charge in [-0.25, -0.2) is 4.98 Å². The molecule has 0 aromatic carbocycles. The van der Waals surface area contributed by atoms with Crippen LogP contribution in [0.2, 0.25) is 0 Å². The predicted molar refractivity (Wildman–Crippen MR) is 37.2 cm³/mol. The van der Waals surface area contributed by atoms with Gasteiger partial charge in [0.15, 0.2) is 11.9 Å². The summed E-state index contributed by atoms with van der Waals surface area (Å²) >= 11 is 0. The van der Waals surface area contributed by atoms with E-state index >= 15 is 0 Å². The SMILES string of the molecule is CC(C)(C)[n+]1ccncn1. The smallest absolute Gasteiger partial charge is 0.215 e. The molecule has 1 rings (SSSR count). The zero-order valence-electron chi connectivity index (χ0n) is 6.57. The number of hydrogen-bond donors (Lipinski definition) is 0. The molecule has 0 aliphatic rings. The minimum Gasteiger partial charge on any atom is -0.233 e. The Hall–Kier alpha value is -0.990. The van der Waals surface area contributed by atoms with Gasteiger partial charge in [0.05, 0.1) is 6.20 Å². The molecule has 1 aromatic rings. The Bertz CT molecular complexity index is 200. The summed E-state index contributed by atoms with van der Waals surface area (Å²) in [5, 5.41) is 4.06. The minimum atomic E-state index is 0.0585. The molecular weight excluding hydrogens is 126 g/mol. The zero-order chi connectivity index (χ0) is 7.61. The van der Waals surface area contributed by atoms with Gasteiger partial charge in [-0.3, -0.25) is 0 Å². The molecule has 0 atom stereocenters. The van der Waals surface area contributed by atoms with Crippen LogP contribution in [-0.2, 0) is 5.54 Å². The fraction of sp³-hybridized carbons (Fsp3) is 0.571. The molecule has 0 amide bonds. The summed E-state index contributed by atoms with van der Waals surface area (Å²) in [5.41, 5.74) is 0.0585. The van der Waals surface area contributed by atoms with E-state index in [4.69, 9.17) is 0 Å². The van der Waals surface area contributed by atoms with Crippen molar-refractivity contribution in [1.82, 2.24) is 10.1 Å².